The van der Waals surface area contributed by atoms with E-state index < -0.39 is 10.1 Å². The van der Waals surface area contributed by atoms with Crippen molar-refractivity contribution in [2.75, 3.05) is 5.88 Å². The number of benzene rings is 2. The topological polar surface area (TPSA) is 102 Å². The van der Waals surface area contributed by atoms with Gasteiger partial charge in [-0.1, -0.05) is 37.5 Å². The molecule has 0 aliphatic heterocycles. The van der Waals surface area contributed by atoms with E-state index in [1.807, 2.05) is 24.3 Å². The van der Waals surface area contributed by atoms with E-state index >= 15 is 0 Å². The SMILES string of the molecule is NC(CCl)=Nc1ccc(S(=O)(=O)O)cc1Oc1ccccc1C1CCCCC1. The van der Waals surface area contributed by atoms with Gasteiger partial charge in [0.15, 0.2) is 5.75 Å². The zero-order valence-corrected chi connectivity index (χ0v) is 16.9. The second-order valence-electron chi connectivity index (χ2n) is 6.82. The summed E-state index contributed by atoms with van der Waals surface area (Å²) in [7, 11) is -4.38. The number of nitrogens with two attached hydrogens (primary N) is 1. The molecule has 0 heterocycles. The van der Waals surface area contributed by atoms with Crippen LogP contribution in [0.4, 0.5) is 5.69 Å². The smallest absolute Gasteiger partial charge is 0.294 e. The lowest BCUT2D eigenvalue weighted by Gasteiger charge is -2.24. The number of alkyl halides is 1. The van der Waals surface area contributed by atoms with Crippen molar-refractivity contribution in [1.29, 1.82) is 0 Å². The molecule has 1 fully saturated rings. The van der Waals surface area contributed by atoms with Crippen molar-refractivity contribution in [3.05, 3.63) is 48.0 Å². The van der Waals surface area contributed by atoms with Gasteiger partial charge in [-0.15, -0.1) is 11.6 Å². The largest absolute Gasteiger partial charge is 0.455 e. The van der Waals surface area contributed by atoms with E-state index in [1.165, 1.54) is 37.5 Å². The van der Waals surface area contributed by atoms with Gasteiger partial charge >= 0.3 is 0 Å². The average molecular weight is 423 g/mol. The third-order valence-electron chi connectivity index (χ3n) is 4.81. The van der Waals surface area contributed by atoms with Crippen LogP contribution in [0.2, 0.25) is 0 Å². The lowest BCUT2D eigenvalue weighted by atomic mass is 9.84. The first-order valence-corrected chi connectivity index (χ1v) is 11.1. The van der Waals surface area contributed by atoms with E-state index in [1.54, 1.807) is 0 Å². The van der Waals surface area contributed by atoms with Gasteiger partial charge in [0.25, 0.3) is 10.1 Å². The summed E-state index contributed by atoms with van der Waals surface area (Å²) in [5.74, 6) is 1.42. The molecule has 0 saturated heterocycles. The zero-order chi connectivity index (χ0) is 20.1. The summed E-state index contributed by atoms with van der Waals surface area (Å²) in [6, 6.07) is 11.6. The molecular weight excluding hydrogens is 400 g/mol. The molecule has 1 aliphatic rings. The van der Waals surface area contributed by atoms with E-state index in [-0.39, 0.29) is 22.4 Å². The maximum absolute atomic E-state index is 11.6. The van der Waals surface area contributed by atoms with Gasteiger partial charge in [-0.3, -0.25) is 4.55 Å². The Labute approximate surface area is 170 Å². The van der Waals surface area contributed by atoms with Crippen LogP contribution in [0.25, 0.3) is 0 Å². The van der Waals surface area contributed by atoms with Crippen molar-refractivity contribution >= 4 is 33.2 Å². The minimum Gasteiger partial charge on any atom is -0.455 e. The number of amidine groups is 1. The molecule has 0 atom stereocenters. The highest BCUT2D eigenvalue weighted by molar-refractivity contribution is 7.85. The Morgan fingerprint density at radius 1 is 1.14 bits per heavy atom. The lowest BCUT2D eigenvalue weighted by molar-refractivity contribution is 0.418. The van der Waals surface area contributed by atoms with Gasteiger partial charge in [0.05, 0.1) is 10.8 Å². The van der Waals surface area contributed by atoms with Crippen LogP contribution in [0.3, 0.4) is 0 Å². The summed E-state index contributed by atoms with van der Waals surface area (Å²) in [4.78, 5) is 3.92. The zero-order valence-electron chi connectivity index (χ0n) is 15.3. The lowest BCUT2D eigenvalue weighted by Crippen LogP contribution is -2.12. The maximum Gasteiger partial charge on any atom is 0.294 e. The first-order chi connectivity index (χ1) is 13.4. The molecule has 150 valence electrons. The van der Waals surface area contributed by atoms with Crippen LogP contribution in [0.5, 0.6) is 11.5 Å². The Morgan fingerprint density at radius 3 is 2.54 bits per heavy atom. The fraction of sp³-hybridized carbons (Fsp3) is 0.350. The average Bonchev–Trinajstić information content (AvgIpc) is 2.69. The maximum atomic E-state index is 11.6. The monoisotopic (exact) mass is 422 g/mol. The molecule has 1 aliphatic carbocycles. The van der Waals surface area contributed by atoms with Crippen LogP contribution >= 0.6 is 11.6 Å². The van der Waals surface area contributed by atoms with E-state index in [0.717, 1.165) is 18.4 Å². The third kappa shape index (κ3) is 5.04. The molecule has 0 aromatic heterocycles. The summed E-state index contributed by atoms with van der Waals surface area (Å²) < 4.78 is 38.6. The summed E-state index contributed by atoms with van der Waals surface area (Å²) >= 11 is 5.71. The highest BCUT2D eigenvalue weighted by Gasteiger charge is 2.21. The van der Waals surface area contributed by atoms with Crippen LogP contribution in [-0.4, -0.2) is 24.7 Å². The number of para-hydroxylation sites is 1. The van der Waals surface area contributed by atoms with E-state index in [9.17, 15) is 13.0 Å². The van der Waals surface area contributed by atoms with Gasteiger partial charge in [0.1, 0.15) is 17.3 Å². The van der Waals surface area contributed by atoms with Crippen molar-refractivity contribution in [2.45, 2.75) is 42.9 Å². The van der Waals surface area contributed by atoms with Crippen molar-refractivity contribution in [1.82, 2.24) is 0 Å². The molecule has 0 amide bonds. The van der Waals surface area contributed by atoms with Crippen molar-refractivity contribution in [3.63, 3.8) is 0 Å². The minimum absolute atomic E-state index is 0.0259. The summed E-state index contributed by atoms with van der Waals surface area (Å²) in [6.45, 7) is 0. The summed E-state index contributed by atoms with van der Waals surface area (Å²) in [5.41, 5.74) is 7.15. The predicted molar refractivity (Wildman–Crippen MR) is 111 cm³/mol. The molecule has 0 radical (unpaired) electrons. The van der Waals surface area contributed by atoms with E-state index in [4.69, 9.17) is 22.1 Å². The fourth-order valence-corrected chi connectivity index (χ4v) is 4.01. The van der Waals surface area contributed by atoms with Gasteiger partial charge < -0.3 is 10.5 Å². The summed E-state index contributed by atoms with van der Waals surface area (Å²) in [6.07, 6.45) is 5.79. The van der Waals surface area contributed by atoms with Gasteiger partial charge in [0, 0.05) is 6.07 Å². The standard InChI is InChI=1S/C20H23ClN2O4S/c21-13-20(22)23-17-11-10-15(28(24,25)26)12-19(17)27-18-9-5-4-8-16(18)14-6-2-1-3-7-14/h4-5,8-12,14H,1-3,6-7,13H2,(H2,22,23)(H,24,25,26). The number of hydrogen-bond donors (Lipinski definition) is 2. The quantitative estimate of drug-likeness (QED) is 0.295. The number of ether oxygens (including phenoxy) is 1. The van der Waals surface area contributed by atoms with Crippen LogP contribution in [0.1, 0.15) is 43.6 Å². The first-order valence-electron chi connectivity index (χ1n) is 9.16. The molecule has 3 rings (SSSR count). The molecule has 2 aromatic rings. The number of nitrogens with zero attached hydrogens (tertiary/aromatic N) is 1. The number of hydrogen-bond acceptors (Lipinski definition) is 4. The second kappa shape index (κ2) is 8.94. The van der Waals surface area contributed by atoms with Crippen LogP contribution in [0, 0.1) is 0 Å². The Morgan fingerprint density at radius 2 is 1.86 bits per heavy atom. The molecule has 0 unspecified atom stereocenters. The molecule has 1 saturated carbocycles. The van der Waals surface area contributed by atoms with Crippen molar-refractivity contribution in [3.8, 4) is 11.5 Å². The molecule has 0 spiro atoms. The van der Waals surface area contributed by atoms with Gasteiger partial charge in [-0.05, 0) is 42.5 Å². The van der Waals surface area contributed by atoms with Crippen molar-refractivity contribution < 1.29 is 17.7 Å². The molecule has 2 aromatic carbocycles. The molecule has 28 heavy (non-hydrogen) atoms. The number of aliphatic imine (C=N–C) groups is 1. The second-order valence-corrected chi connectivity index (χ2v) is 8.50. The Kier molecular flexibility index (Phi) is 6.59. The third-order valence-corrected chi connectivity index (χ3v) is 5.94. The molecular formula is C20H23ClN2O4S. The highest BCUT2D eigenvalue weighted by Crippen LogP contribution is 2.41. The summed E-state index contributed by atoms with van der Waals surface area (Å²) in [5, 5.41) is 0. The highest BCUT2D eigenvalue weighted by atomic mass is 35.5. The fourth-order valence-electron chi connectivity index (χ4n) is 3.46. The Balaban J connectivity index is 2.03. The Hall–Kier alpha value is -2.09. The Bertz CT molecular complexity index is 970. The molecule has 0 bridgehead atoms. The van der Waals surface area contributed by atoms with E-state index in [2.05, 4.69) is 4.99 Å². The minimum atomic E-state index is -4.38. The van der Waals surface area contributed by atoms with Crippen LogP contribution in [-0.2, 0) is 10.1 Å². The molecule has 8 heteroatoms. The van der Waals surface area contributed by atoms with Crippen LogP contribution < -0.4 is 10.5 Å². The first kappa shape index (κ1) is 20.6. The normalized spacial score (nSPS) is 16.1. The number of rotatable bonds is 6. The van der Waals surface area contributed by atoms with E-state index in [0.29, 0.717) is 17.4 Å². The van der Waals surface area contributed by atoms with Crippen molar-refractivity contribution in [2.24, 2.45) is 10.7 Å². The van der Waals surface area contributed by atoms with Gasteiger partial charge in [-0.25, -0.2) is 4.99 Å². The molecule has 6 nitrogen and oxygen atoms in total. The van der Waals surface area contributed by atoms with Gasteiger partial charge in [0.2, 0.25) is 0 Å². The molecule has 3 N–H and O–H groups in total. The predicted octanol–water partition coefficient (Wildman–Crippen LogP) is 5.00. The number of halogens is 1. The van der Waals surface area contributed by atoms with Crippen LogP contribution in [0.15, 0.2) is 52.4 Å². The van der Waals surface area contributed by atoms with Gasteiger partial charge in [-0.2, -0.15) is 8.42 Å².